The Hall–Kier alpha value is -2.64. The number of pyridine rings is 1. The summed E-state index contributed by atoms with van der Waals surface area (Å²) in [6.07, 6.45) is 3.23. The van der Waals surface area contributed by atoms with Gasteiger partial charge in [0.2, 0.25) is 0 Å². The highest BCUT2D eigenvalue weighted by Gasteiger charge is 2.21. The van der Waals surface area contributed by atoms with Crippen LogP contribution in [0.5, 0.6) is 0 Å². The van der Waals surface area contributed by atoms with Gasteiger partial charge >= 0.3 is 6.03 Å². The summed E-state index contributed by atoms with van der Waals surface area (Å²) in [5.41, 5.74) is 0. The molecule has 3 heterocycles. The molecule has 8 heteroatoms. The third kappa shape index (κ3) is 3.16. The second-order valence-electron chi connectivity index (χ2n) is 5.47. The van der Waals surface area contributed by atoms with Crippen molar-refractivity contribution in [2.75, 3.05) is 24.3 Å². The normalized spacial score (nSPS) is 16.7. The SMILES string of the molecule is CN(C)c1cccc(NC(=O)NC2CCc3ncnn3C2)n1. The van der Waals surface area contributed by atoms with Gasteiger partial charge in [-0.2, -0.15) is 5.10 Å². The Bertz CT molecular complexity index is 667. The fraction of sp³-hybridized carbons (Fsp3) is 0.429. The van der Waals surface area contributed by atoms with E-state index in [0.29, 0.717) is 12.4 Å². The third-order valence-electron chi connectivity index (χ3n) is 3.57. The lowest BCUT2D eigenvalue weighted by Gasteiger charge is -2.23. The van der Waals surface area contributed by atoms with Crippen molar-refractivity contribution in [2.45, 2.75) is 25.4 Å². The van der Waals surface area contributed by atoms with Crippen molar-refractivity contribution >= 4 is 17.7 Å². The van der Waals surface area contributed by atoms with Crippen molar-refractivity contribution in [3.05, 3.63) is 30.4 Å². The smallest absolute Gasteiger partial charge is 0.320 e. The van der Waals surface area contributed by atoms with Crippen LogP contribution in [0.3, 0.4) is 0 Å². The molecule has 0 radical (unpaired) electrons. The van der Waals surface area contributed by atoms with Crippen molar-refractivity contribution in [1.29, 1.82) is 0 Å². The van der Waals surface area contributed by atoms with Crippen LogP contribution in [0.2, 0.25) is 0 Å². The molecule has 0 saturated heterocycles. The van der Waals surface area contributed by atoms with Gasteiger partial charge in [-0.3, -0.25) is 5.32 Å². The molecule has 2 aromatic rings. The van der Waals surface area contributed by atoms with E-state index in [1.54, 1.807) is 12.4 Å². The van der Waals surface area contributed by atoms with Gasteiger partial charge in [-0.05, 0) is 18.6 Å². The number of carbonyl (C=O) groups excluding carboxylic acids is 1. The molecule has 1 aliphatic rings. The molecule has 0 spiro atoms. The van der Waals surface area contributed by atoms with Crippen molar-refractivity contribution in [3.63, 3.8) is 0 Å². The number of nitrogens with zero attached hydrogens (tertiary/aromatic N) is 5. The Balaban J connectivity index is 1.58. The molecule has 2 N–H and O–H groups in total. The second-order valence-corrected chi connectivity index (χ2v) is 5.47. The van der Waals surface area contributed by atoms with Gasteiger partial charge < -0.3 is 10.2 Å². The van der Waals surface area contributed by atoms with Crippen LogP contribution in [0.15, 0.2) is 24.5 Å². The van der Waals surface area contributed by atoms with E-state index in [9.17, 15) is 4.79 Å². The number of carbonyl (C=O) groups is 1. The van der Waals surface area contributed by atoms with Gasteiger partial charge in [0.1, 0.15) is 23.8 Å². The summed E-state index contributed by atoms with van der Waals surface area (Å²) in [7, 11) is 3.81. The summed E-state index contributed by atoms with van der Waals surface area (Å²) < 4.78 is 1.83. The Morgan fingerprint density at radius 2 is 2.27 bits per heavy atom. The monoisotopic (exact) mass is 301 g/mol. The average Bonchev–Trinajstić information content (AvgIpc) is 2.95. The summed E-state index contributed by atoms with van der Waals surface area (Å²) in [5, 5.41) is 9.87. The van der Waals surface area contributed by atoms with Crippen LogP contribution in [0.25, 0.3) is 0 Å². The molecule has 8 nitrogen and oxygen atoms in total. The second kappa shape index (κ2) is 6.00. The van der Waals surface area contributed by atoms with E-state index < -0.39 is 0 Å². The molecule has 0 aliphatic carbocycles. The van der Waals surface area contributed by atoms with E-state index in [2.05, 4.69) is 25.7 Å². The minimum absolute atomic E-state index is 0.0474. The maximum atomic E-state index is 12.1. The van der Waals surface area contributed by atoms with Gasteiger partial charge in [-0.1, -0.05) is 6.07 Å². The molecular weight excluding hydrogens is 282 g/mol. The lowest BCUT2D eigenvalue weighted by Crippen LogP contribution is -2.43. The summed E-state index contributed by atoms with van der Waals surface area (Å²) in [4.78, 5) is 22.5. The highest BCUT2D eigenvalue weighted by molar-refractivity contribution is 5.88. The first-order chi connectivity index (χ1) is 10.6. The van der Waals surface area contributed by atoms with E-state index in [-0.39, 0.29) is 12.1 Å². The fourth-order valence-corrected chi connectivity index (χ4v) is 2.44. The Kier molecular flexibility index (Phi) is 3.90. The summed E-state index contributed by atoms with van der Waals surface area (Å²) in [5.74, 6) is 2.29. The minimum Gasteiger partial charge on any atom is -0.363 e. The maximum Gasteiger partial charge on any atom is 0.320 e. The van der Waals surface area contributed by atoms with Crippen molar-refractivity contribution < 1.29 is 4.79 Å². The van der Waals surface area contributed by atoms with Crippen LogP contribution < -0.4 is 15.5 Å². The molecule has 1 aliphatic heterocycles. The molecule has 116 valence electrons. The zero-order valence-electron chi connectivity index (χ0n) is 12.7. The molecule has 0 bridgehead atoms. The molecule has 1 unspecified atom stereocenters. The molecule has 0 saturated carbocycles. The molecule has 2 aromatic heterocycles. The quantitative estimate of drug-likeness (QED) is 0.878. The number of aryl methyl sites for hydroxylation is 1. The highest BCUT2D eigenvalue weighted by Crippen LogP contribution is 2.13. The zero-order valence-corrected chi connectivity index (χ0v) is 12.7. The summed E-state index contributed by atoms with van der Waals surface area (Å²) in [6, 6.07) is 5.31. The van der Waals surface area contributed by atoms with Crippen molar-refractivity contribution in [2.24, 2.45) is 0 Å². The van der Waals surface area contributed by atoms with Gasteiger partial charge in [-0.15, -0.1) is 0 Å². The van der Waals surface area contributed by atoms with Crippen molar-refractivity contribution in [1.82, 2.24) is 25.1 Å². The van der Waals surface area contributed by atoms with E-state index in [4.69, 9.17) is 0 Å². The van der Waals surface area contributed by atoms with Gasteiger partial charge in [0.05, 0.1) is 12.6 Å². The van der Waals surface area contributed by atoms with E-state index >= 15 is 0 Å². The molecule has 0 aromatic carbocycles. The molecule has 0 fully saturated rings. The van der Waals surface area contributed by atoms with Crippen molar-refractivity contribution in [3.8, 4) is 0 Å². The first-order valence-electron chi connectivity index (χ1n) is 7.20. The Morgan fingerprint density at radius 3 is 3.09 bits per heavy atom. The lowest BCUT2D eigenvalue weighted by molar-refractivity contribution is 0.243. The number of rotatable bonds is 3. The van der Waals surface area contributed by atoms with Gasteiger partial charge in [0, 0.05) is 20.5 Å². The number of nitrogens with one attached hydrogen (secondary N) is 2. The summed E-state index contributed by atoms with van der Waals surface area (Å²) >= 11 is 0. The number of amides is 2. The minimum atomic E-state index is -0.253. The standard InChI is InChI=1S/C14H19N7O/c1-20(2)13-5-3-4-11(18-13)19-14(22)17-10-6-7-12-15-9-16-21(12)8-10/h3-5,9-10H,6-8H2,1-2H3,(H2,17,18,19,22). The number of aromatic nitrogens is 4. The van der Waals surface area contributed by atoms with E-state index in [0.717, 1.165) is 24.5 Å². The first kappa shape index (κ1) is 14.3. The number of hydrogen-bond donors (Lipinski definition) is 2. The van der Waals surface area contributed by atoms with Crippen LogP contribution in [0, 0.1) is 0 Å². The topological polar surface area (TPSA) is 88.0 Å². The lowest BCUT2D eigenvalue weighted by atomic mass is 10.1. The number of anilines is 2. The third-order valence-corrected chi connectivity index (χ3v) is 3.57. The summed E-state index contributed by atoms with van der Waals surface area (Å²) in [6.45, 7) is 0.647. The fourth-order valence-electron chi connectivity index (χ4n) is 2.44. The van der Waals surface area contributed by atoms with Crippen LogP contribution in [0.4, 0.5) is 16.4 Å². The zero-order chi connectivity index (χ0) is 15.5. The molecular formula is C14H19N7O. The first-order valence-corrected chi connectivity index (χ1v) is 7.20. The maximum absolute atomic E-state index is 12.1. The van der Waals surface area contributed by atoms with Gasteiger partial charge in [-0.25, -0.2) is 19.4 Å². The predicted molar refractivity (Wildman–Crippen MR) is 82.8 cm³/mol. The van der Waals surface area contributed by atoms with Crippen LogP contribution >= 0.6 is 0 Å². The van der Waals surface area contributed by atoms with Crippen LogP contribution in [-0.4, -0.2) is 45.9 Å². The highest BCUT2D eigenvalue weighted by atomic mass is 16.2. The number of fused-ring (bicyclic) bond motifs is 1. The Labute approximate surface area is 128 Å². The predicted octanol–water partition coefficient (Wildman–Crippen LogP) is 0.876. The van der Waals surface area contributed by atoms with Crippen LogP contribution in [0.1, 0.15) is 12.2 Å². The number of urea groups is 1. The molecule has 22 heavy (non-hydrogen) atoms. The van der Waals surface area contributed by atoms with Gasteiger partial charge in [0.25, 0.3) is 0 Å². The van der Waals surface area contributed by atoms with Gasteiger partial charge in [0.15, 0.2) is 0 Å². The van der Waals surface area contributed by atoms with E-state index in [1.807, 2.05) is 35.8 Å². The largest absolute Gasteiger partial charge is 0.363 e. The molecule has 1 atom stereocenters. The van der Waals surface area contributed by atoms with E-state index in [1.165, 1.54) is 0 Å². The average molecular weight is 301 g/mol. The van der Waals surface area contributed by atoms with Crippen LogP contribution in [-0.2, 0) is 13.0 Å². The number of hydrogen-bond acceptors (Lipinski definition) is 5. The molecule has 3 rings (SSSR count). The molecule has 2 amide bonds. The Morgan fingerprint density at radius 1 is 1.41 bits per heavy atom.